The molecular formula is C18H19NO. The maximum atomic E-state index is 12.6. The zero-order valence-electron chi connectivity index (χ0n) is 11.8. The number of rotatable bonds is 4. The SMILES string of the molecule is CCCc1cccc(C(=O)c2ccc3c(c2)CCN3)c1. The Hall–Kier alpha value is -2.09. The lowest BCUT2D eigenvalue weighted by Crippen LogP contribution is -2.02. The normalized spacial score (nSPS) is 12.8. The van der Waals surface area contributed by atoms with Gasteiger partial charge in [-0.3, -0.25) is 4.79 Å². The van der Waals surface area contributed by atoms with Crippen LogP contribution in [0.25, 0.3) is 0 Å². The second-order valence-electron chi connectivity index (χ2n) is 5.33. The number of anilines is 1. The molecule has 102 valence electrons. The first-order valence-electron chi connectivity index (χ1n) is 7.28. The van der Waals surface area contributed by atoms with Crippen molar-refractivity contribution in [2.24, 2.45) is 0 Å². The molecule has 0 amide bonds. The quantitative estimate of drug-likeness (QED) is 0.851. The number of hydrogen-bond acceptors (Lipinski definition) is 2. The van der Waals surface area contributed by atoms with Crippen LogP contribution in [0.1, 0.15) is 40.4 Å². The minimum absolute atomic E-state index is 0.123. The molecule has 1 heterocycles. The Bertz CT molecular complexity index is 646. The molecular weight excluding hydrogens is 246 g/mol. The van der Waals surface area contributed by atoms with Crippen LogP contribution < -0.4 is 5.32 Å². The summed E-state index contributed by atoms with van der Waals surface area (Å²) < 4.78 is 0. The van der Waals surface area contributed by atoms with Gasteiger partial charge in [-0.2, -0.15) is 0 Å². The van der Waals surface area contributed by atoms with Gasteiger partial charge in [-0.1, -0.05) is 31.5 Å². The number of nitrogens with one attached hydrogen (secondary N) is 1. The van der Waals surface area contributed by atoms with E-state index >= 15 is 0 Å². The van der Waals surface area contributed by atoms with Gasteiger partial charge in [-0.25, -0.2) is 0 Å². The number of carbonyl (C=O) groups excluding carboxylic acids is 1. The molecule has 0 radical (unpaired) electrons. The molecule has 2 heteroatoms. The molecule has 1 aliphatic rings. The molecule has 0 aromatic heterocycles. The first-order chi connectivity index (χ1) is 9.78. The molecule has 3 rings (SSSR count). The third-order valence-electron chi connectivity index (χ3n) is 3.81. The second-order valence-corrected chi connectivity index (χ2v) is 5.33. The molecule has 0 saturated carbocycles. The van der Waals surface area contributed by atoms with Crippen LogP contribution >= 0.6 is 0 Å². The van der Waals surface area contributed by atoms with Crippen molar-refractivity contribution < 1.29 is 4.79 Å². The zero-order valence-corrected chi connectivity index (χ0v) is 11.8. The van der Waals surface area contributed by atoms with E-state index in [0.29, 0.717) is 0 Å². The molecule has 20 heavy (non-hydrogen) atoms. The summed E-state index contributed by atoms with van der Waals surface area (Å²) in [6.07, 6.45) is 3.13. The van der Waals surface area contributed by atoms with E-state index in [1.54, 1.807) is 0 Å². The van der Waals surface area contributed by atoms with Crippen molar-refractivity contribution in [3.05, 3.63) is 64.7 Å². The van der Waals surface area contributed by atoms with Crippen molar-refractivity contribution in [1.82, 2.24) is 0 Å². The molecule has 0 unspecified atom stereocenters. The Kier molecular flexibility index (Phi) is 3.55. The fourth-order valence-electron chi connectivity index (χ4n) is 2.77. The van der Waals surface area contributed by atoms with Crippen molar-refractivity contribution in [2.45, 2.75) is 26.2 Å². The summed E-state index contributed by atoms with van der Waals surface area (Å²) in [5, 5.41) is 3.32. The van der Waals surface area contributed by atoms with Crippen LogP contribution in [-0.2, 0) is 12.8 Å². The van der Waals surface area contributed by atoms with Crippen molar-refractivity contribution >= 4 is 11.5 Å². The fourth-order valence-corrected chi connectivity index (χ4v) is 2.77. The van der Waals surface area contributed by atoms with Gasteiger partial charge in [-0.05, 0) is 48.2 Å². The van der Waals surface area contributed by atoms with E-state index in [2.05, 4.69) is 18.3 Å². The Morgan fingerprint density at radius 3 is 2.85 bits per heavy atom. The van der Waals surface area contributed by atoms with Gasteiger partial charge in [0, 0.05) is 23.4 Å². The smallest absolute Gasteiger partial charge is 0.193 e. The highest BCUT2D eigenvalue weighted by molar-refractivity contribution is 6.09. The Morgan fingerprint density at radius 2 is 2.00 bits per heavy atom. The van der Waals surface area contributed by atoms with Crippen molar-refractivity contribution in [3.8, 4) is 0 Å². The molecule has 0 spiro atoms. The van der Waals surface area contributed by atoms with Gasteiger partial charge in [0.15, 0.2) is 5.78 Å². The van der Waals surface area contributed by atoms with Crippen LogP contribution in [0.15, 0.2) is 42.5 Å². The zero-order chi connectivity index (χ0) is 13.9. The standard InChI is InChI=1S/C18H19NO/c1-2-4-13-5-3-6-15(11-13)18(20)16-7-8-17-14(12-16)9-10-19-17/h3,5-8,11-12,19H,2,4,9-10H2,1H3. The molecule has 0 fully saturated rings. The second kappa shape index (κ2) is 5.49. The predicted octanol–water partition coefficient (Wildman–Crippen LogP) is 3.84. The predicted molar refractivity (Wildman–Crippen MR) is 82.5 cm³/mol. The van der Waals surface area contributed by atoms with Gasteiger partial charge in [0.05, 0.1) is 0 Å². The maximum absolute atomic E-state index is 12.6. The van der Waals surface area contributed by atoms with Gasteiger partial charge in [0.2, 0.25) is 0 Å². The van der Waals surface area contributed by atoms with E-state index in [0.717, 1.165) is 36.9 Å². The van der Waals surface area contributed by atoms with Gasteiger partial charge in [-0.15, -0.1) is 0 Å². The fraction of sp³-hybridized carbons (Fsp3) is 0.278. The molecule has 1 aliphatic heterocycles. The number of ketones is 1. The average Bonchev–Trinajstić information content (AvgIpc) is 2.94. The van der Waals surface area contributed by atoms with E-state index in [9.17, 15) is 4.79 Å². The number of carbonyl (C=O) groups is 1. The van der Waals surface area contributed by atoms with Gasteiger partial charge < -0.3 is 5.32 Å². The van der Waals surface area contributed by atoms with Crippen molar-refractivity contribution in [3.63, 3.8) is 0 Å². The third kappa shape index (κ3) is 2.46. The Morgan fingerprint density at radius 1 is 1.15 bits per heavy atom. The number of aryl methyl sites for hydroxylation is 1. The molecule has 2 aromatic rings. The lowest BCUT2D eigenvalue weighted by Gasteiger charge is -2.06. The van der Waals surface area contributed by atoms with Crippen LogP contribution in [0, 0.1) is 0 Å². The largest absolute Gasteiger partial charge is 0.384 e. The van der Waals surface area contributed by atoms with Crippen LogP contribution in [0.4, 0.5) is 5.69 Å². The van der Waals surface area contributed by atoms with E-state index in [-0.39, 0.29) is 5.78 Å². The summed E-state index contributed by atoms with van der Waals surface area (Å²) in [6, 6.07) is 14.0. The molecule has 0 aliphatic carbocycles. The first kappa shape index (κ1) is 12.9. The molecule has 0 saturated heterocycles. The topological polar surface area (TPSA) is 29.1 Å². The summed E-state index contributed by atoms with van der Waals surface area (Å²) in [5.74, 6) is 0.123. The summed E-state index contributed by atoms with van der Waals surface area (Å²) in [5.41, 5.74) is 5.24. The van der Waals surface area contributed by atoms with Gasteiger partial charge in [0.1, 0.15) is 0 Å². The Balaban J connectivity index is 1.90. The summed E-state index contributed by atoms with van der Waals surface area (Å²) in [4.78, 5) is 12.6. The minimum atomic E-state index is 0.123. The molecule has 1 N–H and O–H groups in total. The van der Waals surface area contributed by atoms with E-state index in [1.165, 1.54) is 16.8 Å². The highest BCUT2D eigenvalue weighted by Crippen LogP contribution is 2.24. The Labute approximate surface area is 119 Å². The highest BCUT2D eigenvalue weighted by Gasteiger charge is 2.14. The summed E-state index contributed by atoms with van der Waals surface area (Å²) in [7, 11) is 0. The first-order valence-corrected chi connectivity index (χ1v) is 7.28. The monoisotopic (exact) mass is 265 g/mol. The highest BCUT2D eigenvalue weighted by atomic mass is 16.1. The number of benzene rings is 2. The molecule has 2 nitrogen and oxygen atoms in total. The van der Waals surface area contributed by atoms with E-state index in [4.69, 9.17) is 0 Å². The summed E-state index contributed by atoms with van der Waals surface area (Å²) >= 11 is 0. The van der Waals surface area contributed by atoms with Crippen LogP contribution in [0.3, 0.4) is 0 Å². The van der Waals surface area contributed by atoms with Crippen molar-refractivity contribution in [2.75, 3.05) is 11.9 Å². The van der Waals surface area contributed by atoms with Crippen LogP contribution in [0.5, 0.6) is 0 Å². The number of hydrogen-bond donors (Lipinski definition) is 1. The lowest BCUT2D eigenvalue weighted by atomic mass is 9.98. The molecule has 2 aromatic carbocycles. The van der Waals surface area contributed by atoms with Crippen LogP contribution in [0.2, 0.25) is 0 Å². The lowest BCUT2D eigenvalue weighted by molar-refractivity contribution is 0.103. The van der Waals surface area contributed by atoms with Crippen LogP contribution in [-0.4, -0.2) is 12.3 Å². The maximum Gasteiger partial charge on any atom is 0.193 e. The van der Waals surface area contributed by atoms with Crippen molar-refractivity contribution in [1.29, 1.82) is 0 Å². The van der Waals surface area contributed by atoms with Gasteiger partial charge >= 0.3 is 0 Å². The average molecular weight is 265 g/mol. The van der Waals surface area contributed by atoms with Gasteiger partial charge in [0.25, 0.3) is 0 Å². The van der Waals surface area contributed by atoms with E-state index in [1.807, 2.05) is 36.4 Å². The number of fused-ring (bicyclic) bond motifs is 1. The van der Waals surface area contributed by atoms with E-state index < -0.39 is 0 Å². The third-order valence-corrected chi connectivity index (χ3v) is 3.81. The summed E-state index contributed by atoms with van der Waals surface area (Å²) in [6.45, 7) is 3.13. The molecule has 0 bridgehead atoms. The minimum Gasteiger partial charge on any atom is -0.384 e. The molecule has 0 atom stereocenters.